The molecule has 0 saturated heterocycles. The summed E-state index contributed by atoms with van der Waals surface area (Å²) in [4.78, 5) is 25.6. The Morgan fingerprint density at radius 2 is 1.75 bits per heavy atom. The van der Waals surface area contributed by atoms with Gasteiger partial charge in [0.25, 0.3) is 0 Å². The number of hydrogen-bond donors (Lipinski definition) is 1. The quantitative estimate of drug-likeness (QED) is 0.719. The summed E-state index contributed by atoms with van der Waals surface area (Å²) in [6, 6.07) is 15.8. The van der Waals surface area contributed by atoms with E-state index in [1.165, 1.54) is 11.6 Å². The van der Waals surface area contributed by atoms with E-state index < -0.39 is 0 Å². The van der Waals surface area contributed by atoms with Crippen LogP contribution in [0.4, 0.5) is 5.69 Å². The number of hydrogen-bond acceptors (Lipinski definition) is 2. The van der Waals surface area contributed by atoms with E-state index in [2.05, 4.69) is 38.2 Å². The van der Waals surface area contributed by atoms with Gasteiger partial charge in [0.1, 0.15) is 0 Å². The van der Waals surface area contributed by atoms with Crippen molar-refractivity contribution in [1.82, 2.24) is 4.90 Å². The van der Waals surface area contributed by atoms with Gasteiger partial charge in [-0.1, -0.05) is 57.2 Å². The average Bonchev–Trinajstić information content (AvgIpc) is 2.64. The molecule has 0 fully saturated rings. The molecule has 0 aromatic heterocycles. The number of benzene rings is 2. The number of carbonyl (C=O) groups excluding carboxylic acids is 2. The summed E-state index contributed by atoms with van der Waals surface area (Å²) >= 11 is 0. The van der Waals surface area contributed by atoms with Crippen LogP contribution in [0, 0.1) is 0 Å². The number of nitrogens with zero attached hydrogens (tertiary/aromatic N) is 1. The first-order valence-corrected chi connectivity index (χ1v) is 9.63. The Balaban J connectivity index is 2.00. The first-order valence-electron chi connectivity index (χ1n) is 9.63. The van der Waals surface area contributed by atoms with Gasteiger partial charge in [-0.15, -0.1) is 0 Å². The van der Waals surface area contributed by atoms with Crippen LogP contribution >= 0.6 is 0 Å². The lowest BCUT2D eigenvalue weighted by Gasteiger charge is -2.19. The minimum Gasteiger partial charge on any atom is -0.339 e. The van der Waals surface area contributed by atoms with Crippen LogP contribution in [0.1, 0.15) is 51.3 Å². The molecule has 0 saturated carbocycles. The highest BCUT2D eigenvalue weighted by Gasteiger charge is 2.12. The Morgan fingerprint density at radius 3 is 2.32 bits per heavy atom. The SMILES string of the molecule is CCN(Cc1cccc(NC(=O)/C=C/c2ccc(C(C)(C)C)cc2)c1)C(C)=O. The van der Waals surface area contributed by atoms with Gasteiger partial charge in [0, 0.05) is 31.8 Å². The molecular formula is C24H30N2O2. The predicted octanol–water partition coefficient (Wildman–Crippen LogP) is 5.00. The molecule has 4 nitrogen and oxygen atoms in total. The normalized spacial score (nSPS) is 11.5. The van der Waals surface area contributed by atoms with Crippen LogP contribution < -0.4 is 5.32 Å². The highest BCUT2D eigenvalue weighted by atomic mass is 16.2. The summed E-state index contributed by atoms with van der Waals surface area (Å²) < 4.78 is 0. The predicted molar refractivity (Wildman–Crippen MR) is 116 cm³/mol. The molecule has 2 aromatic carbocycles. The summed E-state index contributed by atoms with van der Waals surface area (Å²) in [6.07, 6.45) is 3.34. The second kappa shape index (κ2) is 9.36. The zero-order valence-corrected chi connectivity index (χ0v) is 17.5. The summed E-state index contributed by atoms with van der Waals surface area (Å²) in [5.74, 6) is -0.145. The molecule has 148 valence electrons. The Bertz CT molecular complexity index is 846. The molecule has 2 rings (SSSR count). The lowest BCUT2D eigenvalue weighted by atomic mass is 9.87. The minimum absolute atomic E-state index is 0.0392. The number of nitrogens with one attached hydrogen (secondary N) is 1. The summed E-state index contributed by atoms with van der Waals surface area (Å²) in [6.45, 7) is 11.2. The topological polar surface area (TPSA) is 49.4 Å². The van der Waals surface area contributed by atoms with E-state index in [1.807, 2.05) is 43.3 Å². The molecule has 2 amide bonds. The Labute approximate surface area is 168 Å². The number of carbonyl (C=O) groups is 2. The zero-order valence-electron chi connectivity index (χ0n) is 17.5. The summed E-state index contributed by atoms with van der Waals surface area (Å²) in [7, 11) is 0. The lowest BCUT2D eigenvalue weighted by Crippen LogP contribution is -2.27. The largest absolute Gasteiger partial charge is 0.339 e. The van der Waals surface area contributed by atoms with Gasteiger partial charge in [-0.3, -0.25) is 9.59 Å². The van der Waals surface area contributed by atoms with E-state index >= 15 is 0 Å². The molecule has 0 bridgehead atoms. The van der Waals surface area contributed by atoms with Crippen molar-refractivity contribution < 1.29 is 9.59 Å². The Morgan fingerprint density at radius 1 is 1.07 bits per heavy atom. The van der Waals surface area contributed by atoms with Crippen molar-refractivity contribution in [2.45, 2.75) is 46.6 Å². The first-order chi connectivity index (χ1) is 13.2. The van der Waals surface area contributed by atoms with Gasteiger partial charge in [-0.2, -0.15) is 0 Å². The second-order valence-electron chi connectivity index (χ2n) is 7.93. The van der Waals surface area contributed by atoms with Crippen LogP contribution in [-0.2, 0) is 21.5 Å². The maximum Gasteiger partial charge on any atom is 0.248 e. The van der Waals surface area contributed by atoms with Crippen LogP contribution in [0.25, 0.3) is 6.08 Å². The van der Waals surface area contributed by atoms with Crippen molar-refractivity contribution >= 4 is 23.6 Å². The number of amides is 2. The number of anilines is 1. The third-order valence-electron chi connectivity index (χ3n) is 4.60. The van der Waals surface area contributed by atoms with Crippen LogP contribution in [0.2, 0.25) is 0 Å². The van der Waals surface area contributed by atoms with Crippen LogP contribution in [0.3, 0.4) is 0 Å². The van der Waals surface area contributed by atoms with Crippen molar-refractivity contribution in [3.63, 3.8) is 0 Å². The molecule has 1 N–H and O–H groups in total. The molecule has 4 heteroatoms. The monoisotopic (exact) mass is 378 g/mol. The Kier molecular flexibility index (Phi) is 7.16. The minimum atomic E-state index is -0.184. The van der Waals surface area contributed by atoms with E-state index in [0.717, 1.165) is 16.8 Å². The van der Waals surface area contributed by atoms with E-state index in [1.54, 1.807) is 17.9 Å². The number of rotatable bonds is 6. The van der Waals surface area contributed by atoms with Gasteiger partial charge >= 0.3 is 0 Å². The molecule has 0 aliphatic carbocycles. The molecule has 0 aliphatic rings. The molecule has 2 aromatic rings. The molecule has 28 heavy (non-hydrogen) atoms. The standard InChI is InChI=1S/C24H30N2O2/c1-6-26(18(2)27)17-20-8-7-9-22(16-20)25-23(28)15-12-19-10-13-21(14-11-19)24(3,4)5/h7-16H,6,17H2,1-5H3,(H,25,28)/b15-12+. The maximum absolute atomic E-state index is 12.2. The van der Waals surface area contributed by atoms with Crippen molar-refractivity contribution in [2.24, 2.45) is 0 Å². The van der Waals surface area contributed by atoms with Gasteiger partial charge in [0.2, 0.25) is 11.8 Å². The molecule has 0 unspecified atom stereocenters. The zero-order chi connectivity index (χ0) is 20.7. The molecular weight excluding hydrogens is 348 g/mol. The fourth-order valence-corrected chi connectivity index (χ4v) is 2.86. The molecule has 0 atom stereocenters. The van der Waals surface area contributed by atoms with Crippen LogP contribution in [0.5, 0.6) is 0 Å². The van der Waals surface area contributed by atoms with Crippen molar-refractivity contribution in [3.8, 4) is 0 Å². The smallest absolute Gasteiger partial charge is 0.248 e. The molecule has 0 spiro atoms. The van der Waals surface area contributed by atoms with E-state index in [4.69, 9.17) is 0 Å². The highest BCUT2D eigenvalue weighted by Crippen LogP contribution is 2.22. The van der Waals surface area contributed by atoms with Gasteiger partial charge in [0.15, 0.2) is 0 Å². The van der Waals surface area contributed by atoms with Gasteiger partial charge in [-0.05, 0) is 47.2 Å². The van der Waals surface area contributed by atoms with Gasteiger partial charge in [-0.25, -0.2) is 0 Å². The van der Waals surface area contributed by atoms with E-state index in [0.29, 0.717) is 13.1 Å². The van der Waals surface area contributed by atoms with Crippen molar-refractivity contribution in [2.75, 3.05) is 11.9 Å². The molecule has 0 heterocycles. The molecule has 0 radical (unpaired) electrons. The van der Waals surface area contributed by atoms with Gasteiger partial charge < -0.3 is 10.2 Å². The van der Waals surface area contributed by atoms with Crippen molar-refractivity contribution in [3.05, 3.63) is 71.3 Å². The van der Waals surface area contributed by atoms with Crippen LogP contribution in [-0.4, -0.2) is 23.3 Å². The summed E-state index contributed by atoms with van der Waals surface area (Å²) in [5, 5.41) is 2.88. The molecule has 0 aliphatic heterocycles. The van der Waals surface area contributed by atoms with Crippen LogP contribution in [0.15, 0.2) is 54.6 Å². The third kappa shape index (κ3) is 6.38. The first kappa shape index (κ1) is 21.4. The third-order valence-corrected chi connectivity index (χ3v) is 4.60. The second-order valence-corrected chi connectivity index (χ2v) is 7.93. The maximum atomic E-state index is 12.2. The fourth-order valence-electron chi connectivity index (χ4n) is 2.86. The fraction of sp³-hybridized carbons (Fsp3) is 0.333. The van der Waals surface area contributed by atoms with E-state index in [-0.39, 0.29) is 17.2 Å². The average molecular weight is 379 g/mol. The summed E-state index contributed by atoms with van der Waals surface area (Å²) in [5.41, 5.74) is 4.06. The van der Waals surface area contributed by atoms with E-state index in [9.17, 15) is 9.59 Å². The highest BCUT2D eigenvalue weighted by molar-refractivity contribution is 6.01. The van der Waals surface area contributed by atoms with Crippen molar-refractivity contribution in [1.29, 1.82) is 0 Å². The lowest BCUT2D eigenvalue weighted by molar-refractivity contribution is -0.129. The van der Waals surface area contributed by atoms with Gasteiger partial charge in [0.05, 0.1) is 0 Å². The Hall–Kier alpha value is -2.88.